The zero-order valence-corrected chi connectivity index (χ0v) is 14.8. The van der Waals surface area contributed by atoms with Gasteiger partial charge in [-0.3, -0.25) is 0 Å². The van der Waals surface area contributed by atoms with Crippen LogP contribution in [0.4, 0.5) is 5.82 Å². The summed E-state index contributed by atoms with van der Waals surface area (Å²) in [6.45, 7) is 10.2. The van der Waals surface area contributed by atoms with Gasteiger partial charge in [-0.1, -0.05) is 25.9 Å². The summed E-state index contributed by atoms with van der Waals surface area (Å²) in [5.74, 6) is 2.24. The molecule has 0 aliphatic carbocycles. The number of hydrogen-bond acceptors (Lipinski definition) is 5. The first-order valence-electron chi connectivity index (χ1n) is 6.44. The van der Waals surface area contributed by atoms with E-state index in [1.165, 1.54) is 0 Å². The third kappa shape index (κ3) is 2.65. The highest BCUT2D eigenvalue weighted by Gasteiger charge is 2.25. The van der Waals surface area contributed by atoms with E-state index in [-0.39, 0.29) is 5.41 Å². The van der Waals surface area contributed by atoms with Crippen molar-refractivity contribution in [2.24, 2.45) is 0 Å². The molecule has 0 unspecified atom stereocenters. The Kier molecular flexibility index (Phi) is 4.04. The maximum absolute atomic E-state index is 5.23. The summed E-state index contributed by atoms with van der Waals surface area (Å²) < 4.78 is 6.28. The maximum atomic E-state index is 5.23. The second kappa shape index (κ2) is 5.31. The van der Waals surface area contributed by atoms with E-state index in [9.17, 15) is 0 Å². The highest BCUT2D eigenvalue weighted by molar-refractivity contribution is 14.1. The SMILES string of the molecule is CNc1nc(-c2c(C)noc2C)nc(C(C)(C)C)c1I. The van der Waals surface area contributed by atoms with Crippen LogP contribution < -0.4 is 5.32 Å². The number of anilines is 1. The van der Waals surface area contributed by atoms with Crippen molar-refractivity contribution in [2.45, 2.75) is 40.0 Å². The van der Waals surface area contributed by atoms with Gasteiger partial charge in [0.1, 0.15) is 11.6 Å². The fraction of sp³-hybridized carbons (Fsp3) is 0.500. The van der Waals surface area contributed by atoms with Crippen molar-refractivity contribution in [3.63, 3.8) is 0 Å². The highest BCUT2D eigenvalue weighted by Crippen LogP contribution is 2.33. The summed E-state index contributed by atoms with van der Waals surface area (Å²) in [7, 11) is 1.87. The van der Waals surface area contributed by atoms with Crippen molar-refractivity contribution in [1.82, 2.24) is 15.1 Å². The van der Waals surface area contributed by atoms with Gasteiger partial charge >= 0.3 is 0 Å². The van der Waals surface area contributed by atoms with Crippen LogP contribution >= 0.6 is 22.6 Å². The van der Waals surface area contributed by atoms with Crippen LogP contribution in [0.5, 0.6) is 0 Å². The summed E-state index contributed by atoms with van der Waals surface area (Å²) in [6, 6.07) is 0. The van der Waals surface area contributed by atoms with Gasteiger partial charge in [-0.05, 0) is 36.4 Å². The van der Waals surface area contributed by atoms with Crippen LogP contribution in [0.1, 0.15) is 37.9 Å². The van der Waals surface area contributed by atoms with Gasteiger partial charge in [0.2, 0.25) is 0 Å². The predicted molar refractivity (Wildman–Crippen MR) is 88.0 cm³/mol. The van der Waals surface area contributed by atoms with Crippen molar-refractivity contribution in [3.05, 3.63) is 20.7 Å². The topological polar surface area (TPSA) is 63.8 Å². The number of halogens is 1. The van der Waals surface area contributed by atoms with Crippen LogP contribution in [0.25, 0.3) is 11.4 Å². The molecule has 5 nitrogen and oxygen atoms in total. The lowest BCUT2D eigenvalue weighted by atomic mass is 9.91. The predicted octanol–water partition coefficient (Wildman–Crippen LogP) is 3.69. The molecule has 0 atom stereocenters. The minimum atomic E-state index is -0.0568. The normalized spacial score (nSPS) is 11.8. The van der Waals surface area contributed by atoms with Gasteiger partial charge < -0.3 is 9.84 Å². The molecule has 0 spiro atoms. The smallest absolute Gasteiger partial charge is 0.167 e. The molecule has 0 aliphatic heterocycles. The average Bonchev–Trinajstić information content (AvgIpc) is 2.68. The number of rotatable bonds is 2. The van der Waals surface area contributed by atoms with E-state index in [1.807, 2.05) is 20.9 Å². The molecule has 1 N–H and O–H groups in total. The van der Waals surface area contributed by atoms with Crippen LogP contribution in [0, 0.1) is 17.4 Å². The van der Waals surface area contributed by atoms with E-state index in [0.29, 0.717) is 5.82 Å². The van der Waals surface area contributed by atoms with Crippen molar-refractivity contribution < 1.29 is 4.52 Å². The lowest BCUT2D eigenvalue weighted by Gasteiger charge is -2.21. The van der Waals surface area contributed by atoms with E-state index < -0.39 is 0 Å². The fourth-order valence-corrected chi connectivity index (χ4v) is 3.34. The van der Waals surface area contributed by atoms with E-state index >= 15 is 0 Å². The van der Waals surface area contributed by atoms with Crippen molar-refractivity contribution in [3.8, 4) is 11.4 Å². The first-order valence-corrected chi connectivity index (χ1v) is 7.52. The molecule has 0 aliphatic rings. The number of aryl methyl sites for hydroxylation is 2. The monoisotopic (exact) mass is 386 g/mol. The lowest BCUT2D eigenvalue weighted by molar-refractivity contribution is 0.393. The summed E-state index contributed by atoms with van der Waals surface area (Å²) in [5.41, 5.74) is 2.65. The van der Waals surface area contributed by atoms with Crippen LogP contribution in [-0.4, -0.2) is 22.2 Å². The van der Waals surface area contributed by atoms with Crippen LogP contribution in [0.3, 0.4) is 0 Å². The number of hydrogen-bond donors (Lipinski definition) is 1. The molecule has 2 rings (SSSR count). The third-order valence-corrected chi connectivity index (χ3v) is 4.08. The fourth-order valence-electron chi connectivity index (χ4n) is 2.02. The van der Waals surface area contributed by atoms with Crippen molar-refractivity contribution in [1.29, 1.82) is 0 Å². The van der Waals surface area contributed by atoms with Crippen molar-refractivity contribution >= 4 is 28.4 Å². The first-order chi connectivity index (χ1) is 9.25. The molecule has 0 radical (unpaired) electrons. The molecule has 0 saturated heterocycles. The number of aromatic nitrogens is 3. The van der Waals surface area contributed by atoms with Crippen LogP contribution in [0.2, 0.25) is 0 Å². The molecule has 2 aromatic rings. The zero-order chi connectivity index (χ0) is 15.1. The third-order valence-electron chi connectivity index (χ3n) is 3.06. The molecule has 20 heavy (non-hydrogen) atoms. The number of nitrogens with zero attached hydrogens (tertiary/aromatic N) is 3. The Balaban J connectivity index is 2.73. The Labute approximate surface area is 132 Å². The molecule has 2 heterocycles. The molecular weight excluding hydrogens is 367 g/mol. The van der Waals surface area contributed by atoms with Gasteiger partial charge in [0.25, 0.3) is 0 Å². The molecular formula is C14H19IN4O. The second-order valence-corrected chi connectivity index (χ2v) is 6.84. The average molecular weight is 386 g/mol. The first kappa shape index (κ1) is 15.2. The molecule has 0 amide bonds. The van der Waals surface area contributed by atoms with Gasteiger partial charge in [0, 0.05) is 12.5 Å². The van der Waals surface area contributed by atoms with Gasteiger partial charge in [0.05, 0.1) is 20.5 Å². The Morgan fingerprint density at radius 3 is 2.25 bits per heavy atom. The highest BCUT2D eigenvalue weighted by atomic mass is 127. The molecule has 0 fully saturated rings. The molecule has 2 aromatic heterocycles. The van der Waals surface area contributed by atoms with E-state index in [1.54, 1.807) is 0 Å². The zero-order valence-electron chi connectivity index (χ0n) is 12.6. The van der Waals surface area contributed by atoms with E-state index in [4.69, 9.17) is 9.51 Å². The summed E-state index contributed by atoms with van der Waals surface area (Å²) in [4.78, 5) is 9.36. The van der Waals surface area contributed by atoms with Gasteiger partial charge in [-0.15, -0.1) is 0 Å². The Morgan fingerprint density at radius 1 is 1.15 bits per heavy atom. The standard InChI is InChI=1S/C14H19IN4O/c1-7-9(8(2)20-19-7)12-17-11(14(3,4)5)10(15)13(16-6)18-12/h1-6H3,(H,16,17,18). The van der Waals surface area contributed by atoms with Crippen LogP contribution in [0.15, 0.2) is 4.52 Å². The Morgan fingerprint density at radius 2 is 1.80 bits per heavy atom. The summed E-state index contributed by atoms with van der Waals surface area (Å²) in [6.07, 6.45) is 0. The minimum Gasteiger partial charge on any atom is -0.372 e. The molecule has 0 saturated carbocycles. The minimum absolute atomic E-state index is 0.0568. The molecule has 6 heteroatoms. The molecule has 0 aromatic carbocycles. The Hall–Kier alpha value is -1.18. The van der Waals surface area contributed by atoms with E-state index in [0.717, 1.165) is 32.1 Å². The van der Waals surface area contributed by atoms with E-state index in [2.05, 4.69) is 58.8 Å². The summed E-state index contributed by atoms with van der Waals surface area (Å²) in [5, 5.41) is 7.12. The largest absolute Gasteiger partial charge is 0.372 e. The molecule has 108 valence electrons. The van der Waals surface area contributed by atoms with Gasteiger partial charge in [-0.25, -0.2) is 9.97 Å². The Bertz CT molecular complexity index is 624. The van der Waals surface area contributed by atoms with Gasteiger partial charge in [0.15, 0.2) is 5.82 Å². The molecule has 0 bridgehead atoms. The summed E-state index contributed by atoms with van der Waals surface area (Å²) >= 11 is 2.29. The van der Waals surface area contributed by atoms with Crippen LogP contribution in [-0.2, 0) is 5.41 Å². The van der Waals surface area contributed by atoms with Crippen molar-refractivity contribution in [2.75, 3.05) is 12.4 Å². The quantitative estimate of drug-likeness (QED) is 0.798. The maximum Gasteiger partial charge on any atom is 0.167 e. The lowest BCUT2D eigenvalue weighted by Crippen LogP contribution is -2.18. The number of nitrogens with one attached hydrogen (secondary N) is 1. The second-order valence-electron chi connectivity index (χ2n) is 5.76. The van der Waals surface area contributed by atoms with Gasteiger partial charge in [-0.2, -0.15) is 0 Å².